The summed E-state index contributed by atoms with van der Waals surface area (Å²) in [6, 6.07) is 0. The molecule has 0 aromatic heterocycles. The van der Waals surface area contributed by atoms with Gasteiger partial charge in [0.1, 0.15) is 13.2 Å². The van der Waals surface area contributed by atoms with Crippen molar-refractivity contribution < 1.29 is 42.7 Å². The maximum atomic E-state index is 11.6. The summed E-state index contributed by atoms with van der Waals surface area (Å²) in [5.74, 6) is -0.554. The Morgan fingerprint density at radius 1 is 0.528 bits per heavy atom. The van der Waals surface area contributed by atoms with Crippen LogP contribution in [0.2, 0.25) is 0 Å². The van der Waals surface area contributed by atoms with Crippen LogP contribution < -0.4 is 0 Å². The maximum Gasteiger partial charge on any atom is 0.305 e. The first kappa shape index (κ1) is 34.7. The fourth-order valence-corrected chi connectivity index (χ4v) is 2.94. The molecular formula is C27H52O9. The molecule has 0 saturated carbocycles. The second-order valence-electron chi connectivity index (χ2n) is 8.48. The Hall–Kier alpha value is -1.26. The van der Waals surface area contributed by atoms with Crippen molar-refractivity contribution in [2.24, 2.45) is 0 Å². The van der Waals surface area contributed by atoms with E-state index in [1.54, 1.807) is 0 Å². The van der Waals surface area contributed by atoms with E-state index in [1.807, 2.05) is 0 Å². The van der Waals surface area contributed by atoms with E-state index in [4.69, 9.17) is 33.2 Å². The molecular weight excluding hydrogens is 468 g/mol. The van der Waals surface area contributed by atoms with E-state index in [9.17, 15) is 9.59 Å². The van der Waals surface area contributed by atoms with Crippen LogP contribution >= 0.6 is 0 Å². The molecule has 0 atom stereocenters. The fraction of sp³-hybridized carbons (Fsp3) is 0.926. The van der Waals surface area contributed by atoms with Gasteiger partial charge in [-0.25, -0.2) is 0 Å². The normalized spacial score (nSPS) is 13.1. The van der Waals surface area contributed by atoms with Gasteiger partial charge in [-0.15, -0.1) is 0 Å². The summed E-state index contributed by atoms with van der Waals surface area (Å²) in [6.07, 6.45) is 10.0. The molecule has 0 aromatic rings. The Balaban J connectivity index is 0.00000176. The monoisotopic (exact) mass is 520 g/mol. The molecule has 1 saturated heterocycles. The second kappa shape index (κ2) is 30.0. The van der Waals surface area contributed by atoms with Crippen LogP contribution in [0.1, 0.15) is 84.5 Å². The van der Waals surface area contributed by atoms with Crippen LogP contribution in [-0.2, 0) is 42.7 Å². The number of rotatable bonds is 23. The van der Waals surface area contributed by atoms with Gasteiger partial charge in [-0.3, -0.25) is 9.59 Å². The molecule has 9 nitrogen and oxygen atoms in total. The lowest BCUT2D eigenvalue weighted by atomic mass is 10.2. The van der Waals surface area contributed by atoms with Crippen LogP contribution in [0.5, 0.6) is 0 Å². The first-order chi connectivity index (χ1) is 17.7. The van der Waals surface area contributed by atoms with Crippen LogP contribution in [0.15, 0.2) is 0 Å². The molecule has 1 fully saturated rings. The fourth-order valence-electron chi connectivity index (χ4n) is 2.94. The van der Waals surface area contributed by atoms with Gasteiger partial charge in [-0.05, 0) is 44.9 Å². The predicted octanol–water partition coefficient (Wildman–Crippen LogP) is 4.49. The van der Waals surface area contributed by atoms with Crippen LogP contribution in [0.25, 0.3) is 0 Å². The highest BCUT2D eigenvalue weighted by atomic mass is 16.6. The number of hydrogen-bond acceptors (Lipinski definition) is 9. The summed E-state index contributed by atoms with van der Waals surface area (Å²) in [4.78, 5) is 23.2. The summed E-state index contributed by atoms with van der Waals surface area (Å²) in [7, 11) is 0. The van der Waals surface area contributed by atoms with Crippen LogP contribution in [0.4, 0.5) is 0 Å². The van der Waals surface area contributed by atoms with Gasteiger partial charge in [0, 0.05) is 39.3 Å². The van der Waals surface area contributed by atoms with Gasteiger partial charge in [-0.2, -0.15) is 0 Å². The lowest BCUT2D eigenvalue weighted by Gasteiger charge is -2.08. The second-order valence-corrected chi connectivity index (χ2v) is 8.48. The summed E-state index contributed by atoms with van der Waals surface area (Å²) >= 11 is 0. The first-order valence-electron chi connectivity index (χ1n) is 13.9. The van der Waals surface area contributed by atoms with Crippen LogP contribution in [-0.4, -0.2) is 91.2 Å². The van der Waals surface area contributed by atoms with E-state index in [-0.39, 0.29) is 38.0 Å². The predicted molar refractivity (Wildman–Crippen MR) is 138 cm³/mol. The Morgan fingerprint density at radius 3 is 1.25 bits per heavy atom. The Morgan fingerprint density at radius 2 is 0.917 bits per heavy atom. The molecule has 36 heavy (non-hydrogen) atoms. The standard InChI is InChI=1S/C22H42O8.C5H10O/c1-3-5-11-25-13-15-27-17-19-29-21(23)9-7-8-10-22(24)30-20-18-28-16-14-26-12-6-4-2;1-2-4-6-5-3-1/h3-20H2,1-2H3;1-5H2. The highest BCUT2D eigenvalue weighted by Crippen LogP contribution is 2.03. The highest BCUT2D eigenvalue weighted by molar-refractivity contribution is 5.70. The molecule has 0 bridgehead atoms. The smallest absolute Gasteiger partial charge is 0.305 e. The molecule has 214 valence electrons. The molecule has 1 rings (SSSR count). The quantitative estimate of drug-likeness (QED) is 0.143. The number of esters is 2. The third-order valence-corrected chi connectivity index (χ3v) is 5.10. The molecule has 9 heteroatoms. The number of unbranched alkanes of at least 4 members (excludes halogenated alkanes) is 3. The minimum absolute atomic E-state index is 0.236. The lowest BCUT2D eigenvalue weighted by molar-refractivity contribution is -0.147. The van der Waals surface area contributed by atoms with Crippen molar-refractivity contribution in [2.75, 3.05) is 79.3 Å². The Kier molecular flexibility index (Phi) is 28.9. The van der Waals surface area contributed by atoms with Crippen molar-refractivity contribution in [3.05, 3.63) is 0 Å². The van der Waals surface area contributed by atoms with E-state index >= 15 is 0 Å². The molecule has 1 aliphatic rings. The number of carbonyl (C=O) groups is 2. The van der Waals surface area contributed by atoms with Gasteiger partial charge in [0.15, 0.2) is 0 Å². The summed E-state index contributed by atoms with van der Waals surface area (Å²) in [5, 5.41) is 0. The minimum atomic E-state index is -0.277. The molecule has 0 radical (unpaired) electrons. The largest absolute Gasteiger partial charge is 0.463 e. The van der Waals surface area contributed by atoms with Crippen molar-refractivity contribution in [1.82, 2.24) is 0 Å². The minimum Gasteiger partial charge on any atom is -0.463 e. The van der Waals surface area contributed by atoms with Crippen molar-refractivity contribution in [3.8, 4) is 0 Å². The third kappa shape index (κ3) is 29.0. The lowest BCUT2D eigenvalue weighted by Crippen LogP contribution is -2.14. The molecule has 0 aliphatic carbocycles. The van der Waals surface area contributed by atoms with Crippen molar-refractivity contribution >= 4 is 11.9 Å². The molecule has 1 aliphatic heterocycles. The van der Waals surface area contributed by atoms with Crippen LogP contribution in [0, 0.1) is 0 Å². The molecule has 1 heterocycles. The van der Waals surface area contributed by atoms with E-state index in [0.717, 1.165) is 52.1 Å². The summed E-state index contributed by atoms with van der Waals surface area (Å²) in [5.41, 5.74) is 0. The number of hydrogen-bond donors (Lipinski definition) is 0. The zero-order chi connectivity index (χ0) is 26.4. The maximum absolute atomic E-state index is 11.6. The van der Waals surface area contributed by atoms with E-state index in [1.165, 1.54) is 19.3 Å². The van der Waals surface area contributed by atoms with Gasteiger partial charge in [0.25, 0.3) is 0 Å². The van der Waals surface area contributed by atoms with Gasteiger partial charge in [-0.1, -0.05) is 26.7 Å². The van der Waals surface area contributed by atoms with Crippen molar-refractivity contribution in [1.29, 1.82) is 0 Å². The number of carbonyl (C=O) groups excluding carboxylic acids is 2. The summed E-state index contributed by atoms with van der Waals surface area (Å²) < 4.78 is 36.6. The SMILES string of the molecule is C1CCOCC1.CCCCOCCOCCOC(=O)CCCCC(=O)OCCOCCOCCCC. The molecule has 0 N–H and O–H groups in total. The topological polar surface area (TPSA) is 98.8 Å². The van der Waals surface area contributed by atoms with E-state index < -0.39 is 0 Å². The molecule has 0 spiro atoms. The van der Waals surface area contributed by atoms with Gasteiger partial charge < -0.3 is 33.2 Å². The average Bonchev–Trinajstić information content (AvgIpc) is 2.90. The highest BCUT2D eigenvalue weighted by Gasteiger charge is 2.06. The zero-order valence-electron chi connectivity index (χ0n) is 22.9. The Bertz CT molecular complexity index is 423. The van der Waals surface area contributed by atoms with Crippen LogP contribution in [0.3, 0.4) is 0 Å². The van der Waals surface area contributed by atoms with Gasteiger partial charge in [0.05, 0.1) is 39.6 Å². The third-order valence-electron chi connectivity index (χ3n) is 5.10. The van der Waals surface area contributed by atoms with Crippen molar-refractivity contribution in [2.45, 2.75) is 84.5 Å². The first-order valence-corrected chi connectivity index (χ1v) is 13.9. The van der Waals surface area contributed by atoms with Crippen molar-refractivity contribution in [3.63, 3.8) is 0 Å². The molecule has 0 unspecified atom stereocenters. The van der Waals surface area contributed by atoms with E-state index in [2.05, 4.69) is 13.8 Å². The zero-order valence-corrected chi connectivity index (χ0v) is 22.9. The van der Waals surface area contributed by atoms with Gasteiger partial charge >= 0.3 is 11.9 Å². The Labute approximate surface area is 218 Å². The molecule has 0 aromatic carbocycles. The summed E-state index contributed by atoms with van der Waals surface area (Å²) in [6.45, 7) is 11.1. The number of ether oxygens (including phenoxy) is 7. The van der Waals surface area contributed by atoms with E-state index in [0.29, 0.717) is 52.5 Å². The average molecular weight is 521 g/mol. The molecule has 0 amide bonds. The van der Waals surface area contributed by atoms with Gasteiger partial charge in [0.2, 0.25) is 0 Å².